The molecule has 1 aliphatic heterocycles. The van der Waals surface area contributed by atoms with Gasteiger partial charge >= 0.3 is 6.18 Å². The summed E-state index contributed by atoms with van der Waals surface area (Å²) in [6.45, 7) is 0.439. The third kappa shape index (κ3) is 4.04. The lowest BCUT2D eigenvalue weighted by Gasteiger charge is -2.26. The van der Waals surface area contributed by atoms with E-state index in [1.165, 1.54) is 29.7 Å². The van der Waals surface area contributed by atoms with E-state index in [0.717, 1.165) is 16.0 Å². The third-order valence-corrected chi connectivity index (χ3v) is 6.11. The molecule has 0 spiro atoms. The quantitative estimate of drug-likeness (QED) is 0.375. The second kappa shape index (κ2) is 8.60. The fourth-order valence-corrected chi connectivity index (χ4v) is 4.27. The second-order valence-corrected chi connectivity index (χ2v) is 8.20. The normalized spacial score (nSPS) is 14.1. The summed E-state index contributed by atoms with van der Waals surface area (Å²) in [5, 5.41) is 9.09. The maximum absolute atomic E-state index is 13.9. The number of fused-ring (bicyclic) bond motifs is 1. The summed E-state index contributed by atoms with van der Waals surface area (Å²) in [7, 11) is 0. The van der Waals surface area contributed by atoms with Crippen LogP contribution in [0.4, 0.5) is 13.2 Å². The lowest BCUT2D eigenvalue weighted by Crippen LogP contribution is -2.35. The van der Waals surface area contributed by atoms with Gasteiger partial charge in [0.05, 0.1) is 29.3 Å². The van der Waals surface area contributed by atoms with Gasteiger partial charge in [0.25, 0.3) is 5.91 Å². The average Bonchev–Trinajstić information content (AvgIpc) is 3.51. The van der Waals surface area contributed by atoms with Gasteiger partial charge in [-0.2, -0.15) is 18.4 Å². The van der Waals surface area contributed by atoms with Crippen molar-refractivity contribution >= 4 is 28.7 Å². The molecule has 4 aromatic rings. The van der Waals surface area contributed by atoms with Crippen LogP contribution in [-0.4, -0.2) is 38.3 Å². The van der Waals surface area contributed by atoms with Gasteiger partial charge in [-0.1, -0.05) is 17.7 Å². The first-order valence-electron chi connectivity index (χ1n) is 10.4. The smallest absolute Gasteiger partial charge is 0.420 e. The predicted octanol–water partition coefficient (Wildman–Crippen LogP) is 5.46. The number of pyridine rings is 2. The number of carbonyl (C=O) groups is 1. The van der Waals surface area contributed by atoms with E-state index < -0.39 is 23.3 Å². The number of rotatable bonds is 3. The van der Waals surface area contributed by atoms with E-state index >= 15 is 0 Å². The molecule has 0 fully saturated rings. The molecule has 5 rings (SSSR count). The van der Waals surface area contributed by atoms with E-state index in [1.807, 2.05) is 0 Å². The van der Waals surface area contributed by atoms with Gasteiger partial charge in [0.15, 0.2) is 11.3 Å². The maximum Gasteiger partial charge on any atom is 0.420 e. The molecule has 0 bridgehead atoms. The highest BCUT2D eigenvalue weighted by Crippen LogP contribution is 2.37. The first kappa shape index (κ1) is 22.7. The topological polar surface area (TPSA) is 87.4 Å². The number of aromatic nitrogens is 3. The van der Waals surface area contributed by atoms with Crippen molar-refractivity contribution in [3.05, 3.63) is 82.9 Å². The van der Waals surface area contributed by atoms with Crippen molar-refractivity contribution in [3.63, 3.8) is 0 Å². The molecular formula is C24H15ClF3N5O2. The van der Waals surface area contributed by atoms with Gasteiger partial charge in [-0.25, -0.2) is 4.98 Å². The van der Waals surface area contributed by atoms with Crippen LogP contribution in [0.3, 0.4) is 0 Å². The van der Waals surface area contributed by atoms with Crippen molar-refractivity contribution in [1.82, 2.24) is 19.3 Å². The van der Waals surface area contributed by atoms with Gasteiger partial charge in [0, 0.05) is 36.6 Å². The first-order valence-corrected chi connectivity index (χ1v) is 10.8. The molecule has 0 atom stereocenters. The molecular weight excluding hydrogens is 483 g/mol. The average molecular weight is 498 g/mol. The summed E-state index contributed by atoms with van der Waals surface area (Å²) in [5.74, 6) is -0.589. The Morgan fingerprint density at radius 1 is 1.26 bits per heavy atom. The zero-order valence-electron chi connectivity index (χ0n) is 17.9. The molecule has 1 amide bonds. The number of nitrogens with zero attached hydrogens (tertiary/aromatic N) is 5. The summed E-state index contributed by atoms with van der Waals surface area (Å²) in [4.78, 5) is 22.9. The van der Waals surface area contributed by atoms with Gasteiger partial charge in [0.2, 0.25) is 0 Å². The van der Waals surface area contributed by atoms with Crippen molar-refractivity contribution < 1.29 is 22.4 Å². The largest absolute Gasteiger partial charge is 0.472 e. The monoisotopic (exact) mass is 497 g/mol. The number of amides is 1. The predicted molar refractivity (Wildman–Crippen MR) is 120 cm³/mol. The number of furan rings is 1. The highest BCUT2D eigenvalue weighted by atomic mass is 35.5. The van der Waals surface area contributed by atoms with E-state index in [9.17, 15) is 23.2 Å². The molecule has 1 aliphatic rings. The minimum absolute atomic E-state index is 0.173. The highest BCUT2D eigenvalue weighted by molar-refractivity contribution is 6.33. The van der Waals surface area contributed by atoms with Gasteiger partial charge in [-0.15, -0.1) is 0 Å². The van der Waals surface area contributed by atoms with Crippen LogP contribution in [0.2, 0.25) is 5.15 Å². The summed E-state index contributed by atoms with van der Waals surface area (Å²) in [5.41, 5.74) is 0.687. The maximum atomic E-state index is 13.9. The summed E-state index contributed by atoms with van der Waals surface area (Å²) in [6, 6.07) is 7.90. The number of halogens is 4. The molecule has 0 radical (unpaired) electrons. The van der Waals surface area contributed by atoms with Gasteiger partial charge in [-0.05, 0) is 36.3 Å². The van der Waals surface area contributed by atoms with E-state index in [4.69, 9.17) is 16.0 Å². The highest BCUT2D eigenvalue weighted by Gasteiger charge is 2.36. The van der Waals surface area contributed by atoms with Gasteiger partial charge in [0.1, 0.15) is 11.2 Å². The Morgan fingerprint density at radius 3 is 2.74 bits per heavy atom. The Balaban J connectivity index is 1.51. The third-order valence-electron chi connectivity index (χ3n) is 5.75. The fourth-order valence-electron chi connectivity index (χ4n) is 4.02. The SMILES string of the molecule is N#Cc1cccnc1C1=CCN(C(=O)c2nc3c(C(F)(F)F)cc(-c4ccoc4)cn3c2Cl)CC1. The minimum atomic E-state index is -4.72. The summed E-state index contributed by atoms with van der Waals surface area (Å²) < 4.78 is 47.6. The van der Waals surface area contributed by atoms with Gasteiger partial charge in [-0.3, -0.25) is 14.2 Å². The Hall–Kier alpha value is -4.10. The first-order chi connectivity index (χ1) is 16.8. The fraction of sp³-hybridized carbons (Fsp3) is 0.167. The standard InChI is InChI=1S/C24H15ClF3N5O2/c25-21-20(23(34)32-7-3-14(4-8-32)19-15(11-29)2-1-6-30-19)31-22-18(24(26,27)28)10-17(12-33(21)22)16-5-9-35-13-16/h1-3,5-6,9-10,12-13H,4,7-8H2. The lowest BCUT2D eigenvalue weighted by molar-refractivity contribution is -0.136. The molecule has 0 saturated carbocycles. The van der Waals surface area contributed by atoms with E-state index in [-0.39, 0.29) is 29.5 Å². The van der Waals surface area contributed by atoms with Crippen molar-refractivity contribution in [2.75, 3.05) is 13.1 Å². The molecule has 5 heterocycles. The number of hydrogen-bond acceptors (Lipinski definition) is 5. The molecule has 0 aliphatic carbocycles. The van der Waals surface area contributed by atoms with Crippen LogP contribution < -0.4 is 0 Å². The molecule has 0 aromatic carbocycles. The molecule has 0 N–H and O–H groups in total. The Labute approximate surface area is 201 Å². The zero-order valence-corrected chi connectivity index (χ0v) is 18.6. The second-order valence-electron chi connectivity index (χ2n) is 7.84. The van der Waals surface area contributed by atoms with Crippen LogP contribution in [-0.2, 0) is 6.18 Å². The van der Waals surface area contributed by atoms with Crippen LogP contribution >= 0.6 is 11.6 Å². The molecule has 0 unspecified atom stereocenters. The summed E-state index contributed by atoms with van der Waals surface area (Å²) >= 11 is 6.39. The number of carbonyl (C=O) groups excluding carboxylic acids is 1. The van der Waals surface area contributed by atoms with E-state index in [2.05, 4.69) is 16.0 Å². The molecule has 4 aromatic heterocycles. The number of nitriles is 1. The Kier molecular flexibility index (Phi) is 5.57. The molecule has 0 saturated heterocycles. The van der Waals surface area contributed by atoms with Crippen LogP contribution in [0.5, 0.6) is 0 Å². The lowest BCUT2D eigenvalue weighted by atomic mass is 10.0. The van der Waals surface area contributed by atoms with E-state index in [1.54, 1.807) is 24.4 Å². The Morgan fingerprint density at radius 2 is 2.09 bits per heavy atom. The van der Waals surface area contributed by atoms with Crippen molar-refractivity contribution in [2.45, 2.75) is 12.6 Å². The van der Waals surface area contributed by atoms with Crippen LogP contribution in [0.25, 0.3) is 22.3 Å². The van der Waals surface area contributed by atoms with Crippen LogP contribution in [0.15, 0.2) is 59.7 Å². The van der Waals surface area contributed by atoms with Crippen molar-refractivity contribution in [2.24, 2.45) is 0 Å². The van der Waals surface area contributed by atoms with Crippen LogP contribution in [0, 0.1) is 11.3 Å². The Bertz CT molecular complexity index is 1520. The molecule has 11 heteroatoms. The number of imidazole rings is 1. The number of alkyl halides is 3. The van der Waals surface area contributed by atoms with Gasteiger partial charge < -0.3 is 9.32 Å². The minimum Gasteiger partial charge on any atom is -0.472 e. The molecule has 176 valence electrons. The van der Waals surface area contributed by atoms with Crippen LogP contribution in [0.1, 0.15) is 33.7 Å². The number of hydrogen-bond donors (Lipinski definition) is 0. The zero-order chi connectivity index (χ0) is 24.7. The summed E-state index contributed by atoms with van der Waals surface area (Å²) in [6.07, 6.45) is 3.10. The molecule has 7 nitrogen and oxygen atoms in total. The van der Waals surface area contributed by atoms with Crippen molar-refractivity contribution in [3.8, 4) is 17.2 Å². The van der Waals surface area contributed by atoms with E-state index in [0.29, 0.717) is 23.2 Å². The van der Waals surface area contributed by atoms with Crippen molar-refractivity contribution in [1.29, 1.82) is 5.26 Å². The molecule has 35 heavy (non-hydrogen) atoms.